The number of rotatable bonds is 29. The molecular formula is C62H97N13O19S. The third kappa shape index (κ3) is 30.0. The first-order chi connectivity index (χ1) is 44.4. The van der Waals surface area contributed by atoms with E-state index in [1.165, 1.54) is 13.0 Å². The Hall–Kier alpha value is -8.85. The van der Waals surface area contributed by atoms with Crippen LogP contribution in [0.15, 0.2) is 59.1 Å². The summed E-state index contributed by atoms with van der Waals surface area (Å²) in [5, 5.41) is 59.1. The first kappa shape index (κ1) is 82.2. The van der Waals surface area contributed by atoms with E-state index in [0.29, 0.717) is 12.0 Å². The van der Waals surface area contributed by atoms with Crippen molar-refractivity contribution in [2.75, 3.05) is 38.8 Å². The molecule has 530 valence electrons. The first-order valence-electron chi connectivity index (χ1n) is 31.1. The summed E-state index contributed by atoms with van der Waals surface area (Å²) in [7, 11) is 0.159. The molecule has 0 spiro atoms. The molecule has 9 amide bonds. The van der Waals surface area contributed by atoms with Crippen LogP contribution in [-0.2, 0) is 84.3 Å². The highest BCUT2D eigenvalue weighted by Gasteiger charge is 2.40. The van der Waals surface area contributed by atoms with Crippen LogP contribution in [0.5, 0.6) is 0 Å². The van der Waals surface area contributed by atoms with E-state index in [4.69, 9.17) is 21.9 Å². The van der Waals surface area contributed by atoms with Gasteiger partial charge in [0, 0.05) is 50.3 Å². The number of amides is 9. The predicted molar refractivity (Wildman–Crippen MR) is 348 cm³/mol. The van der Waals surface area contributed by atoms with Gasteiger partial charge in [0.1, 0.15) is 54.9 Å². The summed E-state index contributed by atoms with van der Waals surface area (Å²) in [6.07, 6.45) is 2.35. The van der Waals surface area contributed by atoms with E-state index < -0.39 is 204 Å². The van der Waals surface area contributed by atoms with Crippen molar-refractivity contribution in [2.45, 2.75) is 174 Å². The maximum absolute atomic E-state index is 14.8. The summed E-state index contributed by atoms with van der Waals surface area (Å²) < 4.78 is 20.1. The molecule has 1 aliphatic rings. The molecule has 1 saturated heterocycles. The minimum absolute atomic E-state index is 0.0441. The maximum Gasteiger partial charge on any atom is 0.327 e. The van der Waals surface area contributed by atoms with Gasteiger partial charge in [-0.3, -0.25) is 61.9 Å². The highest BCUT2D eigenvalue weighted by molar-refractivity contribution is 7.85. The van der Waals surface area contributed by atoms with Gasteiger partial charge >= 0.3 is 23.9 Å². The van der Waals surface area contributed by atoms with E-state index in [1.807, 2.05) is 48.6 Å². The van der Waals surface area contributed by atoms with Gasteiger partial charge in [0.15, 0.2) is 5.96 Å². The number of guanidine groups is 1. The fraction of sp³-hybridized carbons (Fsp3) is 0.613. The van der Waals surface area contributed by atoms with Crippen LogP contribution < -0.4 is 59.7 Å². The normalized spacial score (nSPS) is 23.5. The number of carbonyl (C=O) groups excluding carboxylic acids is 9. The van der Waals surface area contributed by atoms with Crippen LogP contribution in [0, 0.1) is 29.6 Å². The Kier molecular flexibility index (Phi) is 35.6. The second kappa shape index (κ2) is 41.1. The minimum Gasteiger partial charge on any atom is -0.480 e. The number of hydrogen-bond donors (Lipinski definition) is 15. The lowest BCUT2D eigenvalue weighted by molar-refractivity contribution is -0.146. The zero-order chi connectivity index (χ0) is 72.0. The zero-order valence-corrected chi connectivity index (χ0v) is 56.2. The topological polar surface area (TPSA) is 519 Å². The number of carbonyl (C=O) groups is 13. The number of hydrogen-bond acceptors (Lipinski definition) is 17. The molecule has 2 rings (SSSR count). The van der Waals surface area contributed by atoms with Crippen LogP contribution in [0.25, 0.3) is 0 Å². The van der Waals surface area contributed by atoms with E-state index in [2.05, 4.69) is 42.2 Å². The van der Waals surface area contributed by atoms with Crippen LogP contribution in [0.2, 0.25) is 0 Å². The Morgan fingerprint density at radius 2 is 1.35 bits per heavy atom. The summed E-state index contributed by atoms with van der Waals surface area (Å²) >= 11 is 0. The molecule has 32 nitrogen and oxygen atoms in total. The number of likely N-dealkylation sites (N-methyl/N-ethyl adjacent to an activating group) is 1. The molecular weight excluding hydrogens is 1260 g/mol. The number of methoxy groups -OCH3 is 1. The lowest BCUT2D eigenvalue weighted by Crippen LogP contribution is -2.60. The molecule has 95 heavy (non-hydrogen) atoms. The van der Waals surface area contributed by atoms with E-state index in [9.17, 15) is 87.0 Å². The number of carboxylic acids is 4. The van der Waals surface area contributed by atoms with Crippen LogP contribution in [0.3, 0.4) is 0 Å². The van der Waals surface area contributed by atoms with Gasteiger partial charge in [0.25, 0.3) is 0 Å². The Balaban J connectivity index is 2.95. The van der Waals surface area contributed by atoms with Crippen LogP contribution >= 0.6 is 0 Å². The van der Waals surface area contributed by atoms with E-state index in [0.717, 1.165) is 24.4 Å². The average Bonchev–Trinajstić information content (AvgIpc) is 0.994. The number of nitrogens with zero attached hydrogens (tertiary/aromatic N) is 2. The Morgan fingerprint density at radius 3 is 1.89 bits per heavy atom. The third-order valence-corrected chi connectivity index (χ3v) is 16.8. The molecule has 1 aliphatic heterocycles. The van der Waals surface area contributed by atoms with Gasteiger partial charge in [-0.2, -0.15) is 0 Å². The largest absolute Gasteiger partial charge is 0.480 e. The van der Waals surface area contributed by atoms with Crippen LogP contribution in [-0.4, -0.2) is 212 Å². The van der Waals surface area contributed by atoms with Crippen molar-refractivity contribution in [2.24, 2.45) is 51.8 Å². The molecule has 0 saturated carbocycles. The predicted octanol–water partition coefficient (Wildman–Crippen LogP) is -1.87. The molecule has 0 bridgehead atoms. The van der Waals surface area contributed by atoms with Gasteiger partial charge in [0.05, 0.1) is 35.5 Å². The van der Waals surface area contributed by atoms with E-state index in [1.54, 1.807) is 47.8 Å². The fourth-order valence-electron chi connectivity index (χ4n) is 9.88. The fourth-order valence-corrected chi connectivity index (χ4v) is 11.3. The lowest BCUT2D eigenvalue weighted by atomic mass is 9.94. The van der Waals surface area contributed by atoms with Crippen molar-refractivity contribution < 1.29 is 91.7 Å². The molecule has 1 aromatic carbocycles. The first-order valence-corrected chi connectivity index (χ1v) is 32.6. The number of benzene rings is 1. The minimum atomic E-state index is -2.48. The second-order valence-electron chi connectivity index (χ2n) is 24.4. The van der Waals surface area contributed by atoms with Gasteiger partial charge in [-0.05, 0) is 69.3 Å². The molecule has 2 unspecified atom stereocenters. The Labute approximate surface area is 554 Å². The maximum atomic E-state index is 14.8. The smallest absolute Gasteiger partial charge is 0.327 e. The SMILES string of the molecule is CO[C@@H](Cc1ccccc1)[C@@H](C)/C=C(C)/C=C/[C@@H]1NC(=O)[C@H](CCCN=C(N)N)NC(=O)[C@@H](C)[C@H](C(=O)O)NC(=O)[C@H](CC(C)C)NC(=O)[C@@H](CC(C)C)NC(=O)C(CS(=O)C[C@H](NC(=O)CC[C@H](N)C(=O)O)C(=O)NCC(=O)O)N(C)C(=O)CC[C@H](C(=O)O)NC(=O)[C@H]1C. The summed E-state index contributed by atoms with van der Waals surface area (Å²) in [5.74, 6) is -21.7. The standard InChI is InChI=1S/C62H97N13O19S/c1-32(2)25-43-56(84)72-44(26-33(3)4)57(85)74-51(61(91)92)37(8)53(81)70-41(17-14-24-66-62(64)65)55(83)69-40(20-18-34(5)27-35(6)47(94-10)28-38-15-12-11-13-16-38)36(7)52(80)71-42(60(89)90)21-23-49(77)75(9)46(58(86)73-43)31-95(93)30-45(54(82)67-29-50(78)79)68-48(76)22-19-39(63)59(87)88/h11-13,15-16,18,20,27,32-33,35-37,39-47,51H,14,17,19,21-26,28-31,63H2,1-10H3,(H,67,82)(H,68,76)(H,69,83)(H,70,81)(H,71,80)(H,72,84)(H,73,86)(H,74,85)(H,78,79)(H,87,88)(H,89,90)(H,91,92)(H4,64,65,66)/b20-18+,34-27+/t35-,36-,37-,39-,40-,41-,42+,43+,44-,45-,46?,47-,51+,95?/m0/s1. The number of nitrogens with one attached hydrogen (secondary N) is 8. The number of ether oxygens (including phenoxy) is 1. The van der Waals surface area contributed by atoms with Crippen molar-refractivity contribution in [1.82, 2.24) is 47.4 Å². The van der Waals surface area contributed by atoms with Crippen molar-refractivity contribution in [3.05, 3.63) is 59.7 Å². The van der Waals surface area contributed by atoms with Gasteiger partial charge in [-0.25, -0.2) is 9.59 Å². The summed E-state index contributed by atoms with van der Waals surface area (Å²) in [5.41, 5.74) is 18.3. The van der Waals surface area contributed by atoms with Crippen molar-refractivity contribution >= 4 is 93.8 Å². The van der Waals surface area contributed by atoms with Gasteiger partial charge < -0.3 is 89.8 Å². The van der Waals surface area contributed by atoms with Crippen molar-refractivity contribution in [3.8, 4) is 0 Å². The molecule has 1 aromatic rings. The Bertz CT molecular complexity index is 2960. The number of allylic oxidation sites excluding steroid dienone is 2. The highest BCUT2D eigenvalue weighted by Crippen LogP contribution is 2.20. The van der Waals surface area contributed by atoms with Gasteiger partial charge in [-0.1, -0.05) is 103 Å². The molecule has 0 aliphatic carbocycles. The second-order valence-corrected chi connectivity index (χ2v) is 25.9. The molecule has 14 atom stereocenters. The zero-order valence-electron chi connectivity index (χ0n) is 55.4. The molecule has 33 heteroatoms. The van der Waals surface area contributed by atoms with Crippen molar-refractivity contribution in [3.63, 3.8) is 0 Å². The highest BCUT2D eigenvalue weighted by atomic mass is 32.2. The van der Waals surface area contributed by atoms with Gasteiger partial charge in [-0.15, -0.1) is 0 Å². The van der Waals surface area contributed by atoms with E-state index in [-0.39, 0.29) is 56.1 Å². The number of aliphatic carboxylic acids is 4. The quantitative estimate of drug-likeness (QED) is 0.0181. The average molecular weight is 1360 g/mol. The number of carboxylic acid groups (broad SMARTS) is 4. The lowest BCUT2D eigenvalue weighted by Gasteiger charge is -2.31. The van der Waals surface area contributed by atoms with Gasteiger partial charge in [0.2, 0.25) is 53.2 Å². The number of aliphatic imine (C=N–C) groups is 1. The molecule has 1 fully saturated rings. The van der Waals surface area contributed by atoms with Crippen LogP contribution in [0.1, 0.15) is 112 Å². The third-order valence-electron chi connectivity index (χ3n) is 15.4. The molecule has 1 heterocycles. The molecule has 0 aromatic heterocycles. The van der Waals surface area contributed by atoms with E-state index >= 15 is 0 Å². The summed E-state index contributed by atoms with van der Waals surface area (Å²) in [4.78, 5) is 181. The molecule has 0 radical (unpaired) electrons. The van der Waals surface area contributed by atoms with Crippen LogP contribution in [0.4, 0.5) is 0 Å². The molecule has 18 N–H and O–H groups in total. The summed E-state index contributed by atoms with van der Waals surface area (Å²) in [6, 6.07) is -5.45. The monoisotopic (exact) mass is 1360 g/mol. The summed E-state index contributed by atoms with van der Waals surface area (Å²) in [6.45, 7) is 11.9. The Morgan fingerprint density at radius 1 is 0.779 bits per heavy atom. The van der Waals surface area contributed by atoms with Crippen molar-refractivity contribution in [1.29, 1.82) is 0 Å². The number of nitrogens with two attached hydrogens (primary N) is 3.